The van der Waals surface area contributed by atoms with Gasteiger partial charge in [-0.05, 0) is 18.2 Å². The zero-order valence-corrected chi connectivity index (χ0v) is 12.1. The quantitative estimate of drug-likeness (QED) is 0.647. The van der Waals surface area contributed by atoms with Crippen LogP contribution in [0.3, 0.4) is 0 Å². The molecule has 0 aliphatic rings. The number of carboxylic acid groups (broad SMARTS) is 1. The number of nitrogens with one attached hydrogen (secondary N) is 1. The van der Waals surface area contributed by atoms with Gasteiger partial charge in [0, 0.05) is 17.8 Å². The highest BCUT2D eigenvalue weighted by molar-refractivity contribution is 6.83. The molecular weight excluding hydrogens is 242 g/mol. The standard InChI is InChI=1S/C14H19NO2Si/c1-18(2,3)10-8-12-5-4-6-13(11-12)15-9-7-14(16)17/h4-6,11,15H,7,9H2,1-3H3,(H,16,17). The summed E-state index contributed by atoms with van der Waals surface area (Å²) in [7, 11) is -1.36. The van der Waals surface area contributed by atoms with Crippen molar-refractivity contribution < 1.29 is 9.90 Å². The molecule has 1 aromatic carbocycles. The zero-order valence-electron chi connectivity index (χ0n) is 11.1. The molecule has 3 nitrogen and oxygen atoms in total. The van der Waals surface area contributed by atoms with Gasteiger partial charge in [-0.25, -0.2) is 0 Å². The molecule has 0 atom stereocenters. The minimum absolute atomic E-state index is 0.116. The van der Waals surface area contributed by atoms with Crippen molar-refractivity contribution in [1.29, 1.82) is 0 Å². The molecule has 0 saturated carbocycles. The van der Waals surface area contributed by atoms with Gasteiger partial charge in [0.25, 0.3) is 0 Å². The lowest BCUT2D eigenvalue weighted by Crippen LogP contribution is -2.16. The fraction of sp³-hybridized carbons (Fsp3) is 0.357. The van der Waals surface area contributed by atoms with Crippen molar-refractivity contribution in [2.45, 2.75) is 26.1 Å². The first-order valence-corrected chi connectivity index (χ1v) is 9.46. The molecule has 0 heterocycles. The second-order valence-corrected chi connectivity index (χ2v) is 9.90. The first-order chi connectivity index (χ1) is 8.37. The Bertz CT molecular complexity index is 481. The van der Waals surface area contributed by atoms with E-state index in [1.165, 1.54) is 0 Å². The van der Waals surface area contributed by atoms with E-state index in [0.29, 0.717) is 6.54 Å². The molecule has 0 amide bonds. The van der Waals surface area contributed by atoms with Gasteiger partial charge in [-0.3, -0.25) is 4.79 Å². The summed E-state index contributed by atoms with van der Waals surface area (Å²) in [5.41, 5.74) is 5.19. The predicted molar refractivity (Wildman–Crippen MR) is 77.4 cm³/mol. The van der Waals surface area contributed by atoms with E-state index in [9.17, 15) is 4.79 Å². The van der Waals surface area contributed by atoms with Crippen molar-refractivity contribution in [3.05, 3.63) is 29.8 Å². The van der Waals surface area contributed by atoms with Crippen LogP contribution in [-0.4, -0.2) is 25.7 Å². The van der Waals surface area contributed by atoms with Gasteiger partial charge in [-0.1, -0.05) is 31.6 Å². The molecule has 0 aliphatic heterocycles. The number of benzene rings is 1. The maximum atomic E-state index is 10.4. The molecule has 0 fully saturated rings. The van der Waals surface area contributed by atoms with Crippen molar-refractivity contribution in [2.75, 3.05) is 11.9 Å². The molecule has 96 valence electrons. The molecule has 0 bridgehead atoms. The Morgan fingerprint density at radius 2 is 2.11 bits per heavy atom. The monoisotopic (exact) mass is 261 g/mol. The molecule has 0 aliphatic carbocycles. The first-order valence-electron chi connectivity index (χ1n) is 5.96. The Balaban J connectivity index is 2.67. The van der Waals surface area contributed by atoms with Crippen LogP contribution in [0.4, 0.5) is 5.69 Å². The van der Waals surface area contributed by atoms with Gasteiger partial charge < -0.3 is 10.4 Å². The number of anilines is 1. The van der Waals surface area contributed by atoms with Crippen LogP contribution in [0.1, 0.15) is 12.0 Å². The lowest BCUT2D eigenvalue weighted by molar-refractivity contribution is -0.136. The van der Waals surface area contributed by atoms with E-state index >= 15 is 0 Å². The SMILES string of the molecule is C[Si](C)(C)C#Cc1cccc(NCCC(=O)O)c1. The number of aliphatic carboxylic acids is 1. The molecule has 0 saturated heterocycles. The second kappa shape index (κ2) is 6.27. The fourth-order valence-electron chi connectivity index (χ4n) is 1.28. The molecule has 0 unspecified atom stereocenters. The number of hydrogen-bond donors (Lipinski definition) is 2. The Kier molecular flexibility index (Phi) is 4.99. The van der Waals surface area contributed by atoms with Crippen molar-refractivity contribution in [3.8, 4) is 11.5 Å². The van der Waals surface area contributed by atoms with Crippen LogP contribution < -0.4 is 5.32 Å². The van der Waals surface area contributed by atoms with Crippen LogP contribution in [0.25, 0.3) is 0 Å². The van der Waals surface area contributed by atoms with Gasteiger partial charge in [0.2, 0.25) is 0 Å². The highest BCUT2D eigenvalue weighted by atomic mass is 28.3. The highest BCUT2D eigenvalue weighted by Crippen LogP contribution is 2.10. The van der Waals surface area contributed by atoms with Crippen molar-refractivity contribution in [2.24, 2.45) is 0 Å². The van der Waals surface area contributed by atoms with E-state index in [-0.39, 0.29) is 6.42 Å². The van der Waals surface area contributed by atoms with E-state index in [0.717, 1.165) is 11.3 Å². The Labute approximate surface area is 109 Å². The second-order valence-electron chi connectivity index (χ2n) is 5.15. The van der Waals surface area contributed by atoms with Gasteiger partial charge in [0.05, 0.1) is 6.42 Å². The van der Waals surface area contributed by atoms with E-state index in [2.05, 4.69) is 36.4 Å². The summed E-state index contributed by atoms with van der Waals surface area (Å²) in [6.07, 6.45) is 0.116. The number of carbonyl (C=O) groups is 1. The number of carboxylic acids is 1. The van der Waals surface area contributed by atoms with E-state index in [4.69, 9.17) is 5.11 Å². The van der Waals surface area contributed by atoms with E-state index < -0.39 is 14.0 Å². The smallest absolute Gasteiger partial charge is 0.305 e. The summed E-state index contributed by atoms with van der Waals surface area (Å²) in [6.45, 7) is 7.04. The summed E-state index contributed by atoms with van der Waals surface area (Å²) in [4.78, 5) is 10.4. The van der Waals surface area contributed by atoms with Crippen LogP contribution in [0.2, 0.25) is 19.6 Å². The highest BCUT2D eigenvalue weighted by Gasteiger charge is 2.07. The molecule has 0 spiro atoms. The lowest BCUT2D eigenvalue weighted by atomic mass is 10.2. The molecule has 1 aromatic rings. The molecule has 2 N–H and O–H groups in total. The maximum Gasteiger partial charge on any atom is 0.305 e. The van der Waals surface area contributed by atoms with E-state index in [1.807, 2.05) is 24.3 Å². The van der Waals surface area contributed by atoms with Crippen LogP contribution >= 0.6 is 0 Å². The number of rotatable bonds is 4. The number of hydrogen-bond acceptors (Lipinski definition) is 2. The average molecular weight is 261 g/mol. The van der Waals surface area contributed by atoms with E-state index in [1.54, 1.807) is 0 Å². The zero-order chi connectivity index (χ0) is 13.6. The molecule has 0 aromatic heterocycles. The molecule has 1 rings (SSSR count). The molecule has 18 heavy (non-hydrogen) atoms. The third kappa shape index (κ3) is 6.11. The topological polar surface area (TPSA) is 49.3 Å². The largest absolute Gasteiger partial charge is 0.481 e. The Morgan fingerprint density at radius 3 is 2.72 bits per heavy atom. The Hall–Kier alpha value is -1.73. The van der Waals surface area contributed by atoms with Gasteiger partial charge in [-0.2, -0.15) is 0 Å². The maximum absolute atomic E-state index is 10.4. The summed E-state index contributed by atoms with van der Waals surface area (Å²) in [6, 6.07) is 7.77. The normalized spacial score (nSPS) is 10.4. The van der Waals surface area contributed by atoms with Gasteiger partial charge >= 0.3 is 5.97 Å². The van der Waals surface area contributed by atoms with Crippen LogP contribution in [0.15, 0.2) is 24.3 Å². The summed E-state index contributed by atoms with van der Waals surface area (Å²) >= 11 is 0. The van der Waals surface area contributed by atoms with Crippen LogP contribution in [0.5, 0.6) is 0 Å². The van der Waals surface area contributed by atoms with Crippen LogP contribution in [0, 0.1) is 11.5 Å². The summed E-state index contributed by atoms with van der Waals surface area (Å²) < 4.78 is 0. The average Bonchev–Trinajstić information content (AvgIpc) is 2.26. The van der Waals surface area contributed by atoms with Gasteiger partial charge in [0.1, 0.15) is 8.07 Å². The van der Waals surface area contributed by atoms with Gasteiger partial charge in [-0.15, -0.1) is 5.54 Å². The molecule has 0 radical (unpaired) electrons. The molecule has 4 heteroatoms. The summed E-state index contributed by atoms with van der Waals surface area (Å²) in [5, 5.41) is 11.6. The molecular formula is C14H19NO2Si. The van der Waals surface area contributed by atoms with Crippen molar-refractivity contribution in [3.63, 3.8) is 0 Å². The third-order valence-electron chi connectivity index (χ3n) is 2.11. The first kappa shape index (κ1) is 14.3. The summed E-state index contributed by atoms with van der Waals surface area (Å²) in [5.74, 6) is 2.39. The van der Waals surface area contributed by atoms with Gasteiger partial charge in [0.15, 0.2) is 0 Å². The predicted octanol–water partition coefficient (Wildman–Crippen LogP) is 2.80. The van der Waals surface area contributed by atoms with Crippen LogP contribution in [-0.2, 0) is 4.79 Å². The lowest BCUT2D eigenvalue weighted by Gasteiger charge is -2.06. The minimum Gasteiger partial charge on any atom is -0.481 e. The van der Waals surface area contributed by atoms with Crippen molar-refractivity contribution in [1.82, 2.24) is 0 Å². The Morgan fingerprint density at radius 1 is 1.39 bits per heavy atom. The fourth-order valence-corrected chi connectivity index (χ4v) is 1.80. The third-order valence-corrected chi connectivity index (χ3v) is 2.99. The minimum atomic E-state index is -1.36. The van der Waals surface area contributed by atoms with Crippen molar-refractivity contribution >= 4 is 19.7 Å².